The summed E-state index contributed by atoms with van der Waals surface area (Å²) in [6.45, 7) is 6.82. The third-order valence-electron chi connectivity index (χ3n) is 3.72. The molecule has 1 aliphatic rings. The van der Waals surface area contributed by atoms with Crippen molar-refractivity contribution in [2.45, 2.75) is 38.8 Å². The van der Waals surface area contributed by atoms with Gasteiger partial charge in [-0.25, -0.2) is 0 Å². The summed E-state index contributed by atoms with van der Waals surface area (Å²) in [6, 6.07) is 9.03. The number of halogens is 1. The lowest BCUT2D eigenvalue weighted by molar-refractivity contribution is 0.177. The average molecular weight is 322 g/mol. The highest BCUT2D eigenvalue weighted by Gasteiger charge is 2.20. The highest BCUT2D eigenvalue weighted by atomic mass is 79.9. The molecule has 0 aliphatic carbocycles. The Morgan fingerprint density at radius 1 is 1.37 bits per heavy atom. The molecule has 0 radical (unpaired) electrons. The minimum absolute atomic E-state index is 0.527. The standard InChI is InChI=1S/C15H20BrN3/c1-11(2)19-7-5-13(6-8-19)18-15-4-3-12(10-17)9-14(15)16/h3-4,9,11,13,18H,5-8H2,1-2H3. The van der Waals surface area contributed by atoms with Crippen molar-refractivity contribution in [3.8, 4) is 6.07 Å². The number of benzene rings is 1. The Labute approximate surface area is 123 Å². The summed E-state index contributed by atoms with van der Waals surface area (Å²) >= 11 is 3.53. The normalized spacial score (nSPS) is 17.4. The third kappa shape index (κ3) is 3.71. The Morgan fingerprint density at radius 2 is 2.05 bits per heavy atom. The van der Waals surface area contributed by atoms with Crippen LogP contribution < -0.4 is 5.32 Å². The molecular formula is C15H20BrN3. The second kappa shape index (κ2) is 6.40. The van der Waals surface area contributed by atoms with Crippen molar-refractivity contribution >= 4 is 21.6 Å². The van der Waals surface area contributed by atoms with Gasteiger partial charge in [0.1, 0.15) is 0 Å². The van der Waals surface area contributed by atoms with Crippen LogP contribution in [0.4, 0.5) is 5.69 Å². The van der Waals surface area contributed by atoms with E-state index < -0.39 is 0 Å². The Balaban J connectivity index is 1.94. The molecule has 1 fully saturated rings. The Morgan fingerprint density at radius 3 is 2.58 bits per heavy atom. The van der Waals surface area contributed by atoms with Gasteiger partial charge in [0.2, 0.25) is 0 Å². The van der Waals surface area contributed by atoms with Crippen LogP contribution in [0.5, 0.6) is 0 Å². The highest BCUT2D eigenvalue weighted by molar-refractivity contribution is 9.10. The predicted octanol–water partition coefficient (Wildman–Crippen LogP) is 3.61. The van der Waals surface area contributed by atoms with Crippen LogP contribution in [-0.2, 0) is 0 Å². The summed E-state index contributed by atoms with van der Waals surface area (Å²) in [5.74, 6) is 0. The smallest absolute Gasteiger partial charge is 0.0992 e. The quantitative estimate of drug-likeness (QED) is 0.924. The van der Waals surface area contributed by atoms with E-state index in [2.05, 4.69) is 46.1 Å². The number of nitrogens with one attached hydrogen (secondary N) is 1. The van der Waals surface area contributed by atoms with Crippen molar-refractivity contribution in [1.82, 2.24) is 4.90 Å². The fourth-order valence-corrected chi connectivity index (χ4v) is 2.98. The minimum atomic E-state index is 0.527. The SMILES string of the molecule is CC(C)N1CCC(Nc2ccc(C#N)cc2Br)CC1. The fraction of sp³-hybridized carbons (Fsp3) is 0.533. The summed E-state index contributed by atoms with van der Waals surface area (Å²) < 4.78 is 0.970. The number of nitriles is 1. The van der Waals surface area contributed by atoms with Crippen LogP contribution in [0.25, 0.3) is 0 Å². The first-order valence-electron chi connectivity index (χ1n) is 6.80. The average Bonchev–Trinajstić information content (AvgIpc) is 2.41. The van der Waals surface area contributed by atoms with Gasteiger partial charge in [-0.3, -0.25) is 0 Å². The van der Waals surface area contributed by atoms with Gasteiger partial charge >= 0.3 is 0 Å². The first-order valence-corrected chi connectivity index (χ1v) is 7.59. The maximum atomic E-state index is 8.86. The van der Waals surface area contributed by atoms with E-state index in [9.17, 15) is 0 Å². The number of likely N-dealkylation sites (tertiary alicyclic amines) is 1. The Bertz CT molecular complexity index is 471. The van der Waals surface area contributed by atoms with Crippen LogP contribution in [0.15, 0.2) is 22.7 Å². The van der Waals surface area contributed by atoms with Crippen molar-refractivity contribution in [2.75, 3.05) is 18.4 Å². The molecule has 0 aromatic heterocycles. The van der Waals surface area contributed by atoms with Crippen molar-refractivity contribution in [2.24, 2.45) is 0 Å². The van der Waals surface area contributed by atoms with Gasteiger partial charge in [-0.1, -0.05) is 0 Å². The Hall–Kier alpha value is -1.05. The number of hydrogen-bond acceptors (Lipinski definition) is 3. The largest absolute Gasteiger partial charge is 0.381 e. The number of nitrogens with zero attached hydrogens (tertiary/aromatic N) is 2. The van der Waals surface area contributed by atoms with E-state index in [4.69, 9.17) is 5.26 Å². The lowest BCUT2D eigenvalue weighted by Crippen LogP contribution is -2.42. The number of hydrogen-bond donors (Lipinski definition) is 1. The van der Waals surface area contributed by atoms with Gasteiger partial charge in [-0.2, -0.15) is 5.26 Å². The van der Waals surface area contributed by atoms with Crippen molar-refractivity contribution in [3.05, 3.63) is 28.2 Å². The molecule has 0 unspecified atom stereocenters. The van der Waals surface area contributed by atoms with Gasteiger partial charge in [0.05, 0.1) is 11.6 Å². The van der Waals surface area contributed by atoms with Crippen LogP contribution >= 0.6 is 15.9 Å². The molecule has 0 bridgehead atoms. The molecule has 3 nitrogen and oxygen atoms in total. The monoisotopic (exact) mass is 321 g/mol. The molecule has 0 saturated carbocycles. The van der Waals surface area contributed by atoms with Crippen molar-refractivity contribution in [3.63, 3.8) is 0 Å². The lowest BCUT2D eigenvalue weighted by atomic mass is 10.0. The van der Waals surface area contributed by atoms with E-state index >= 15 is 0 Å². The second-order valence-corrected chi connectivity index (χ2v) is 6.21. The Kier molecular flexibility index (Phi) is 4.84. The molecule has 102 valence electrons. The summed E-state index contributed by atoms with van der Waals surface area (Å²) in [4.78, 5) is 2.52. The van der Waals surface area contributed by atoms with Gasteiger partial charge in [0.15, 0.2) is 0 Å². The topological polar surface area (TPSA) is 39.1 Å². The van der Waals surface area contributed by atoms with Gasteiger partial charge in [-0.05, 0) is 60.8 Å². The molecule has 19 heavy (non-hydrogen) atoms. The summed E-state index contributed by atoms with van der Waals surface area (Å²) in [6.07, 6.45) is 2.34. The lowest BCUT2D eigenvalue weighted by Gasteiger charge is -2.35. The molecule has 4 heteroatoms. The summed E-state index contributed by atoms with van der Waals surface area (Å²) in [5.41, 5.74) is 1.77. The van der Waals surface area contributed by atoms with E-state index in [1.54, 1.807) is 0 Å². The molecule has 0 spiro atoms. The van der Waals surface area contributed by atoms with E-state index in [-0.39, 0.29) is 0 Å². The highest BCUT2D eigenvalue weighted by Crippen LogP contribution is 2.26. The van der Waals surface area contributed by atoms with Crippen LogP contribution in [0.1, 0.15) is 32.3 Å². The summed E-state index contributed by atoms with van der Waals surface area (Å²) in [7, 11) is 0. The number of anilines is 1. The van der Waals surface area contributed by atoms with Gasteiger partial charge in [0, 0.05) is 35.3 Å². The van der Waals surface area contributed by atoms with E-state index in [0.29, 0.717) is 17.6 Å². The van der Waals surface area contributed by atoms with Crippen LogP contribution in [0, 0.1) is 11.3 Å². The zero-order valence-corrected chi connectivity index (χ0v) is 13.1. The molecule has 1 aromatic carbocycles. The van der Waals surface area contributed by atoms with E-state index in [1.165, 1.54) is 12.8 Å². The zero-order chi connectivity index (χ0) is 13.8. The van der Waals surface area contributed by atoms with Crippen LogP contribution in [0.3, 0.4) is 0 Å². The van der Waals surface area contributed by atoms with Gasteiger partial charge in [-0.15, -0.1) is 0 Å². The van der Waals surface area contributed by atoms with Crippen molar-refractivity contribution in [1.29, 1.82) is 5.26 Å². The molecule has 2 rings (SSSR count). The van der Waals surface area contributed by atoms with Gasteiger partial charge in [0.25, 0.3) is 0 Å². The number of rotatable bonds is 3. The molecular weight excluding hydrogens is 302 g/mol. The van der Waals surface area contributed by atoms with E-state index in [0.717, 1.165) is 23.2 Å². The third-order valence-corrected chi connectivity index (χ3v) is 4.37. The molecule has 0 atom stereocenters. The minimum Gasteiger partial charge on any atom is -0.381 e. The maximum Gasteiger partial charge on any atom is 0.0992 e. The van der Waals surface area contributed by atoms with Crippen LogP contribution in [-0.4, -0.2) is 30.1 Å². The molecule has 1 heterocycles. The maximum absolute atomic E-state index is 8.86. The fourth-order valence-electron chi connectivity index (χ4n) is 2.48. The predicted molar refractivity (Wildman–Crippen MR) is 82.2 cm³/mol. The molecule has 1 saturated heterocycles. The van der Waals surface area contributed by atoms with Crippen molar-refractivity contribution < 1.29 is 0 Å². The summed E-state index contributed by atoms with van der Waals surface area (Å²) in [5, 5.41) is 12.4. The first-order chi connectivity index (χ1) is 9.10. The molecule has 0 amide bonds. The zero-order valence-electron chi connectivity index (χ0n) is 11.5. The first kappa shape index (κ1) is 14.4. The molecule has 1 aromatic rings. The number of piperidine rings is 1. The second-order valence-electron chi connectivity index (χ2n) is 5.35. The van der Waals surface area contributed by atoms with Crippen LogP contribution in [0.2, 0.25) is 0 Å². The molecule has 1 aliphatic heterocycles. The van der Waals surface area contributed by atoms with E-state index in [1.807, 2.05) is 18.2 Å². The molecule has 1 N–H and O–H groups in total. The van der Waals surface area contributed by atoms with Gasteiger partial charge < -0.3 is 10.2 Å².